The van der Waals surface area contributed by atoms with E-state index in [1.54, 1.807) is 18.2 Å². The number of hydrogen-bond acceptors (Lipinski definition) is 4. The molecule has 4 N–H and O–H groups in total. The number of anilines is 1. The Kier molecular flexibility index (Phi) is 7.67. The second kappa shape index (κ2) is 9.97. The van der Waals surface area contributed by atoms with Gasteiger partial charge in [-0.1, -0.05) is 49.6 Å². The van der Waals surface area contributed by atoms with Crippen molar-refractivity contribution in [3.63, 3.8) is 0 Å². The Bertz CT molecular complexity index is 722. The number of nitrogen functional groups attached to an aromatic ring is 1. The molecule has 0 heterocycles. The first-order valence-corrected chi connectivity index (χ1v) is 9.29. The largest absolute Gasteiger partial charge is 0.495 e. The third-order valence-corrected chi connectivity index (χ3v) is 4.93. The monoisotopic (exact) mass is 354 g/mol. The van der Waals surface area contributed by atoms with Crippen molar-refractivity contribution >= 4 is 11.5 Å². The minimum absolute atomic E-state index is 0.0496. The number of hydrogen-bond donors (Lipinski definition) is 2. The van der Waals surface area contributed by atoms with Gasteiger partial charge in [-0.3, -0.25) is 4.79 Å². The van der Waals surface area contributed by atoms with Gasteiger partial charge in [0.1, 0.15) is 5.75 Å². The molecule has 0 aromatic heterocycles. The van der Waals surface area contributed by atoms with E-state index in [1.165, 1.54) is 57.3 Å². The van der Waals surface area contributed by atoms with Gasteiger partial charge in [0.25, 0.3) is 0 Å². The molecule has 0 atom stereocenters. The lowest BCUT2D eigenvalue weighted by atomic mass is 9.84. The standard InChI is InChI=1S/C13H19N.C9H11NO2/c14-10-11-5-4-8-13(9-11)12-6-2-1-3-7-12;1-6(11)7-4-3-5-8(12-2)9(7)10/h4-5,8-9,12H,1-3,6-7,10,14H2;3-5H,10H2,1-2H3. The van der Waals surface area contributed by atoms with Gasteiger partial charge in [0.05, 0.1) is 12.8 Å². The van der Waals surface area contributed by atoms with E-state index in [4.69, 9.17) is 16.2 Å². The van der Waals surface area contributed by atoms with E-state index in [0.29, 0.717) is 23.5 Å². The molecule has 2 aromatic carbocycles. The molecule has 0 amide bonds. The summed E-state index contributed by atoms with van der Waals surface area (Å²) in [7, 11) is 1.52. The molecule has 0 spiro atoms. The average molecular weight is 354 g/mol. The Labute approximate surface area is 156 Å². The number of nitrogens with two attached hydrogens (primary N) is 2. The number of ether oxygens (including phenoxy) is 1. The van der Waals surface area contributed by atoms with E-state index in [-0.39, 0.29) is 5.78 Å². The van der Waals surface area contributed by atoms with Gasteiger partial charge in [-0.25, -0.2) is 0 Å². The van der Waals surface area contributed by atoms with Crippen LogP contribution >= 0.6 is 0 Å². The average Bonchev–Trinajstić information content (AvgIpc) is 2.69. The maximum Gasteiger partial charge on any atom is 0.162 e. The Morgan fingerprint density at radius 1 is 1.12 bits per heavy atom. The molecule has 4 heteroatoms. The van der Waals surface area contributed by atoms with Crippen LogP contribution in [0, 0.1) is 0 Å². The molecule has 0 saturated heterocycles. The molecule has 1 aliphatic rings. The van der Waals surface area contributed by atoms with Gasteiger partial charge in [0.15, 0.2) is 5.78 Å². The van der Waals surface area contributed by atoms with Crippen LogP contribution in [-0.2, 0) is 6.54 Å². The zero-order chi connectivity index (χ0) is 18.9. The lowest BCUT2D eigenvalue weighted by molar-refractivity contribution is 0.101. The smallest absolute Gasteiger partial charge is 0.162 e. The molecule has 26 heavy (non-hydrogen) atoms. The highest BCUT2D eigenvalue weighted by molar-refractivity contribution is 6.00. The Morgan fingerprint density at radius 3 is 2.42 bits per heavy atom. The summed E-state index contributed by atoms with van der Waals surface area (Å²) in [5, 5.41) is 0. The van der Waals surface area contributed by atoms with E-state index < -0.39 is 0 Å². The molecule has 0 unspecified atom stereocenters. The van der Waals surface area contributed by atoms with Crippen LogP contribution in [-0.4, -0.2) is 12.9 Å². The van der Waals surface area contributed by atoms with Gasteiger partial charge in [0.2, 0.25) is 0 Å². The van der Waals surface area contributed by atoms with E-state index in [2.05, 4.69) is 24.3 Å². The Balaban J connectivity index is 0.000000190. The maximum absolute atomic E-state index is 11.0. The first-order chi connectivity index (χ1) is 12.6. The van der Waals surface area contributed by atoms with Crippen molar-refractivity contribution in [2.24, 2.45) is 5.73 Å². The fourth-order valence-corrected chi connectivity index (χ4v) is 3.44. The van der Waals surface area contributed by atoms with Gasteiger partial charge < -0.3 is 16.2 Å². The molecule has 0 radical (unpaired) electrons. The highest BCUT2D eigenvalue weighted by atomic mass is 16.5. The van der Waals surface area contributed by atoms with Crippen molar-refractivity contribution in [2.75, 3.05) is 12.8 Å². The molecule has 2 aromatic rings. The molecule has 140 valence electrons. The minimum Gasteiger partial charge on any atom is -0.495 e. The van der Waals surface area contributed by atoms with Crippen molar-refractivity contribution in [3.05, 3.63) is 59.2 Å². The second-order valence-corrected chi connectivity index (χ2v) is 6.76. The summed E-state index contributed by atoms with van der Waals surface area (Å²) in [6.07, 6.45) is 6.96. The number of ketones is 1. The molecular formula is C22H30N2O2. The fraction of sp³-hybridized carbons (Fsp3) is 0.409. The van der Waals surface area contributed by atoms with Crippen LogP contribution in [0.5, 0.6) is 5.75 Å². The summed E-state index contributed by atoms with van der Waals surface area (Å²) >= 11 is 0. The molecular weight excluding hydrogens is 324 g/mol. The number of Topliss-reactive ketones (excluding diaryl/α,β-unsaturated/α-hetero) is 1. The van der Waals surface area contributed by atoms with Crippen LogP contribution in [0.4, 0.5) is 5.69 Å². The van der Waals surface area contributed by atoms with Crippen LogP contribution in [0.1, 0.15) is 66.4 Å². The molecule has 1 fully saturated rings. The van der Waals surface area contributed by atoms with Crippen molar-refractivity contribution in [1.82, 2.24) is 0 Å². The molecule has 1 aliphatic carbocycles. The highest BCUT2D eigenvalue weighted by Gasteiger charge is 2.15. The number of carbonyl (C=O) groups is 1. The molecule has 3 rings (SSSR count). The Morgan fingerprint density at radius 2 is 1.81 bits per heavy atom. The van der Waals surface area contributed by atoms with E-state index in [0.717, 1.165) is 5.92 Å². The number of para-hydroxylation sites is 1. The molecule has 4 nitrogen and oxygen atoms in total. The summed E-state index contributed by atoms with van der Waals surface area (Å²) in [5.74, 6) is 1.30. The van der Waals surface area contributed by atoms with E-state index >= 15 is 0 Å². The number of rotatable bonds is 4. The van der Waals surface area contributed by atoms with Crippen LogP contribution in [0.3, 0.4) is 0 Å². The lowest BCUT2D eigenvalue weighted by Crippen LogP contribution is -2.05. The van der Waals surface area contributed by atoms with Crippen LogP contribution in [0.25, 0.3) is 0 Å². The van der Waals surface area contributed by atoms with E-state index in [9.17, 15) is 4.79 Å². The third kappa shape index (κ3) is 5.33. The lowest BCUT2D eigenvalue weighted by Gasteiger charge is -2.22. The predicted molar refractivity (Wildman–Crippen MR) is 108 cm³/mol. The molecule has 1 saturated carbocycles. The molecule has 0 aliphatic heterocycles. The van der Waals surface area contributed by atoms with Crippen LogP contribution < -0.4 is 16.2 Å². The quantitative estimate of drug-likeness (QED) is 0.617. The van der Waals surface area contributed by atoms with Gasteiger partial charge in [-0.15, -0.1) is 0 Å². The van der Waals surface area contributed by atoms with Crippen molar-refractivity contribution < 1.29 is 9.53 Å². The zero-order valence-corrected chi connectivity index (χ0v) is 15.8. The Hall–Kier alpha value is -2.33. The van der Waals surface area contributed by atoms with Gasteiger partial charge in [-0.2, -0.15) is 0 Å². The van der Waals surface area contributed by atoms with E-state index in [1.807, 2.05) is 0 Å². The van der Waals surface area contributed by atoms with Gasteiger partial charge in [0, 0.05) is 12.1 Å². The number of benzene rings is 2. The zero-order valence-electron chi connectivity index (χ0n) is 15.8. The maximum atomic E-state index is 11.0. The van der Waals surface area contributed by atoms with Gasteiger partial charge >= 0.3 is 0 Å². The predicted octanol–water partition coefficient (Wildman–Crippen LogP) is 4.67. The number of methoxy groups -OCH3 is 1. The minimum atomic E-state index is -0.0496. The van der Waals surface area contributed by atoms with Crippen LogP contribution in [0.15, 0.2) is 42.5 Å². The topological polar surface area (TPSA) is 78.3 Å². The summed E-state index contributed by atoms with van der Waals surface area (Å²) in [5.41, 5.74) is 15.0. The summed E-state index contributed by atoms with van der Waals surface area (Å²) in [4.78, 5) is 11.0. The van der Waals surface area contributed by atoms with Crippen molar-refractivity contribution in [3.8, 4) is 5.75 Å². The first-order valence-electron chi connectivity index (χ1n) is 9.29. The second-order valence-electron chi connectivity index (χ2n) is 6.76. The number of carbonyl (C=O) groups excluding carboxylic acids is 1. The third-order valence-electron chi connectivity index (χ3n) is 4.93. The van der Waals surface area contributed by atoms with Crippen LogP contribution in [0.2, 0.25) is 0 Å². The van der Waals surface area contributed by atoms with Crippen molar-refractivity contribution in [2.45, 2.75) is 51.5 Å². The molecule has 0 bridgehead atoms. The van der Waals surface area contributed by atoms with Crippen molar-refractivity contribution in [1.29, 1.82) is 0 Å². The summed E-state index contributed by atoms with van der Waals surface area (Å²) in [6.45, 7) is 2.14. The van der Waals surface area contributed by atoms with Gasteiger partial charge in [-0.05, 0) is 48.9 Å². The normalized spacial score (nSPS) is 14.3. The SMILES string of the molecule is COc1cccc(C(C)=O)c1N.NCc1cccc(C2CCCCC2)c1. The summed E-state index contributed by atoms with van der Waals surface area (Å²) < 4.78 is 4.96. The summed E-state index contributed by atoms with van der Waals surface area (Å²) in [6, 6.07) is 14.0. The fourth-order valence-electron chi connectivity index (χ4n) is 3.44. The highest BCUT2D eigenvalue weighted by Crippen LogP contribution is 2.32. The first kappa shape index (κ1) is 20.0.